The number of nitrogens with one attached hydrogen (secondary N) is 1. The second kappa shape index (κ2) is 5.40. The van der Waals surface area contributed by atoms with Gasteiger partial charge in [-0.15, -0.1) is 0 Å². The Morgan fingerprint density at radius 3 is 2.67 bits per heavy atom. The lowest BCUT2D eigenvalue weighted by Crippen LogP contribution is -2.65. The summed E-state index contributed by atoms with van der Waals surface area (Å²) < 4.78 is 0. The molecule has 1 aromatic rings. The Morgan fingerprint density at radius 1 is 1.39 bits per heavy atom. The second-order valence-electron chi connectivity index (χ2n) is 4.97. The summed E-state index contributed by atoms with van der Waals surface area (Å²) in [6.07, 6.45) is 1.70. The molecule has 98 valence electrons. The molecule has 4 heteroatoms. The minimum atomic E-state index is -0.654. The largest absolute Gasteiger partial charge is 0.386 e. The predicted molar refractivity (Wildman–Crippen MR) is 70.1 cm³/mol. The van der Waals surface area contributed by atoms with E-state index in [1.807, 2.05) is 37.3 Å². The molecular formula is C14H20N2O2. The van der Waals surface area contributed by atoms with Crippen LogP contribution in [0.2, 0.25) is 0 Å². The van der Waals surface area contributed by atoms with Gasteiger partial charge in [-0.1, -0.05) is 43.7 Å². The van der Waals surface area contributed by atoms with Crippen LogP contribution in [0.1, 0.15) is 25.3 Å². The van der Waals surface area contributed by atoms with Crippen LogP contribution in [-0.4, -0.2) is 34.7 Å². The summed E-state index contributed by atoms with van der Waals surface area (Å²) in [6, 6.07) is 9.70. The molecule has 1 aliphatic heterocycles. The van der Waals surface area contributed by atoms with Crippen LogP contribution in [-0.2, 0) is 6.54 Å². The van der Waals surface area contributed by atoms with Crippen LogP contribution in [0.15, 0.2) is 30.3 Å². The van der Waals surface area contributed by atoms with Crippen LogP contribution in [0, 0.1) is 0 Å². The van der Waals surface area contributed by atoms with Crippen molar-refractivity contribution in [3.8, 4) is 0 Å². The van der Waals surface area contributed by atoms with E-state index >= 15 is 0 Å². The number of hydrogen-bond acceptors (Lipinski definition) is 2. The summed E-state index contributed by atoms with van der Waals surface area (Å²) in [4.78, 5) is 13.4. The zero-order chi connectivity index (χ0) is 13.0. The summed E-state index contributed by atoms with van der Waals surface area (Å²) in [7, 11) is 0. The number of rotatable bonds is 4. The molecule has 0 aromatic heterocycles. The molecule has 0 bridgehead atoms. The van der Waals surface area contributed by atoms with Crippen molar-refractivity contribution < 1.29 is 9.90 Å². The molecule has 18 heavy (non-hydrogen) atoms. The Labute approximate surface area is 108 Å². The Bertz CT molecular complexity index is 400. The Morgan fingerprint density at radius 2 is 2.06 bits per heavy atom. The van der Waals surface area contributed by atoms with Gasteiger partial charge in [-0.3, -0.25) is 0 Å². The van der Waals surface area contributed by atoms with Crippen LogP contribution in [0.3, 0.4) is 0 Å². The van der Waals surface area contributed by atoms with Crippen LogP contribution in [0.25, 0.3) is 0 Å². The molecule has 0 spiro atoms. The summed E-state index contributed by atoms with van der Waals surface area (Å²) in [5.41, 5.74) is 0.425. The highest BCUT2D eigenvalue weighted by molar-refractivity contribution is 5.75. The maximum atomic E-state index is 11.8. The third-order valence-electron chi connectivity index (χ3n) is 3.26. The maximum Gasteiger partial charge on any atom is 0.317 e. The lowest BCUT2D eigenvalue weighted by molar-refractivity contribution is -0.0814. The molecular weight excluding hydrogens is 228 g/mol. The third-order valence-corrected chi connectivity index (χ3v) is 3.26. The molecule has 1 aliphatic rings. The number of benzene rings is 1. The van der Waals surface area contributed by atoms with Gasteiger partial charge >= 0.3 is 6.03 Å². The van der Waals surface area contributed by atoms with Crippen molar-refractivity contribution in [1.29, 1.82) is 0 Å². The van der Waals surface area contributed by atoms with E-state index in [1.165, 1.54) is 0 Å². The quantitative estimate of drug-likeness (QED) is 0.852. The summed E-state index contributed by atoms with van der Waals surface area (Å²) in [6.45, 7) is 3.46. The molecule has 2 amide bonds. The third kappa shape index (κ3) is 3.01. The lowest BCUT2D eigenvalue weighted by Gasteiger charge is -2.46. The summed E-state index contributed by atoms with van der Waals surface area (Å²) in [5, 5.41) is 12.8. The van der Waals surface area contributed by atoms with Crippen molar-refractivity contribution in [2.45, 2.75) is 31.9 Å². The highest BCUT2D eigenvalue weighted by Crippen LogP contribution is 2.25. The first-order chi connectivity index (χ1) is 8.63. The normalized spacial score (nSPS) is 17.1. The second-order valence-corrected chi connectivity index (χ2v) is 4.97. The van der Waals surface area contributed by atoms with Crippen molar-refractivity contribution in [1.82, 2.24) is 10.2 Å². The molecule has 0 aliphatic carbocycles. The standard InChI is InChI=1S/C14H20N2O2/c1-2-8-14(18)10-16(11-14)13(17)15-9-12-6-4-3-5-7-12/h3-7,18H,2,8-11H2,1H3,(H,15,17). The van der Waals surface area contributed by atoms with Crippen molar-refractivity contribution in [2.24, 2.45) is 0 Å². The van der Waals surface area contributed by atoms with E-state index in [1.54, 1.807) is 4.90 Å². The topological polar surface area (TPSA) is 52.6 Å². The number of amides is 2. The highest BCUT2D eigenvalue weighted by atomic mass is 16.3. The minimum absolute atomic E-state index is 0.0976. The zero-order valence-electron chi connectivity index (χ0n) is 10.7. The van der Waals surface area contributed by atoms with Gasteiger partial charge in [0.1, 0.15) is 0 Å². The number of likely N-dealkylation sites (tertiary alicyclic amines) is 1. The first kappa shape index (κ1) is 12.9. The van der Waals surface area contributed by atoms with Gasteiger partial charge in [-0.05, 0) is 12.0 Å². The number of carbonyl (C=O) groups excluding carboxylic acids is 1. The molecule has 0 radical (unpaired) electrons. The Kier molecular flexibility index (Phi) is 3.87. The number of carbonyl (C=O) groups is 1. The van der Waals surface area contributed by atoms with Gasteiger partial charge in [0.05, 0.1) is 18.7 Å². The van der Waals surface area contributed by atoms with Gasteiger partial charge in [0, 0.05) is 6.54 Å². The summed E-state index contributed by atoms with van der Waals surface area (Å²) >= 11 is 0. The fraction of sp³-hybridized carbons (Fsp3) is 0.500. The van der Waals surface area contributed by atoms with E-state index < -0.39 is 5.60 Å². The molecule has 2 N–H and O–H groups in total. The van der Waals surface area contributed by atoms with Crippen LogP contribution in [0.5, 0.6) is 0 Å². The molecule has 1 aromatic carbocycles. The van der Waals surface area contributed by atoms with E-state index in [2.05, 4.69) is 5.32 Å². The fourth-order valence-electron chi connectivity index (χ4n) is 2.32. The van der Waals surface area contributed by atoms with Crippen LogP contribution in [0.4, 0.5) is 4.79 Å². The average Bonchev–Trinajstić information content (AvgIpc) is 2.34. The first-order valence-corrected chi connectivity index (χ1v) is 6.42. The maximum absolute atomic E-state index is 11.8. The Balaban J connectivity index is 1.74. The van der Waals surface area contributed by atoms with Gasteiger partial charge in [0.25, 0.3) is 0 Å². The molecule has 0 atom stereocenters. The number of aliphatic hydroxyl groups is 1. The highest BCUT2D eigenvalue weighted by Gasteiger charge is 2.42. The van der Waals surface area contributed by atoms with E-state index in [9.17, 15) is 9.90 Å². The van der Waals surface area contributed by atoms with E-state index in [0.29, 0.717) is 19.6 Å². The summed E-state index contributed by atoms with van der Waals surface area (Å²) in [5.74, 6) is 0. The molecule has 1 saturated heterocycles. The van der Waals surface area contributed by atoms with Gasteiger partial charge in [-0.2, -0.15) is 0 Å². The number of nitrogens with zero attached hydrogens (tertiary/aromatic N) is 1. The van der Waals surface area contributed by atoms with Gasteiger partial charge in [0.15, 0.2) is 0 Å². The molecule has 1 fully saturated rings. The van der Waals surface area contributed by atoms with E-state index in [-0.39, 0.29) is 6.03 Å². The van der Waals surface area contributed by atoms with Gasteiger partial charge < -0.3 is 15.3 Å². The van der Waals surface area contributed by atoms with Crippen molar-refractivity contribution in [3.05, 3.63) is 35.9 Å². The molecule has 0 saturated carbocycles. The molecule has 4 nitrogen and oxygen atoms in total. The Hall–Kier alpha value is -1.55. The van der Waals surface area contributed by atoms with Gasteiger partial charge in [-0.25, -0.2) is 4.79 Å². The van der Waals surface area contributed by atoms with Gasteiger partial charge in [0.2, 0.25) is 0 Å². The fourth-order valence-corrected chi connectivity index (χ4v) is 2.32. The lowest BCUT2D eigenvalue weighted by atomic mass is 9.90. The smallest absolute Gasteiger partial charge is 0.317 e. The minimum Gasteiger partial charge on any atom is -0.386 e. The SMILES string of the molecule is CCCC1(O)CN(C(=O)NCc2ccccc2)C1. The van der Waals surface area contributed by atoms with Crippen LogP contribution < -0.4 is 5.32 Å². The number of urea groups is 1. The zero-order valence-corrected chi connectivity index (χ0v) is 10.7. The van der Waals surface area contributed by atoms with Crippen LogP contribution >= 0.6 is 0 Å². The molecule has 0 unspecified atom stereocenters. The van der Waals surface area contributed by atoms with Crippen molar-refractivity contribution >= 4 is 6.03 Å². The van der Waals surface area contributed by atoms with Crippen molar-refractivity contribution in [2.75, 3.05) is 13.1 Å². The molecule has 1 heterocycles. The number of hydrogen-bond donors (Lipinski definition) is 2. The van der Waals surface area contributed by atoms with E-state index in [0.717, 1.165) is 18.4 Å². The van der Waals surface area contributed by atoms with Crippen molar-refractivity contribution in [3.63, 3.8) is 0 Å². The monoisotopic (exact) mass is 248 g/mol. The molecule has 2 rings (SSSR count). The number of β-amino-alcohol motifs (C(OH)–C–C–N with tert-alkyl or cyclic N) is 1. The first-order valence-electron chi connectivity index (χ1n) is 6.42. The average molecular weight is 248 g/mol. The predicted octanol–water partition coefficient (Wildman–Crippen LogP) is 1.74. The van der Waals surface area contributed by atoms with E-state index in [4.69, 9.17) is 0 Å².